The molecule has 21 heavy (non-hydrogen) atoms. The van der Waals surface area contributed by atoms with Crippen LogP contribution in [-0.4, -0.2) is 39.6 Å². The minimum atomic E-state index is -0.509. The van der Waals surface area contributed by atoms with E-state index in [0.29, 0.717) is 27.4 Å². The maximum atomic E-state index is 11.7. The van der Waals surface area contributed by atoms with E-state index in [2.05, 4.69) is 43.6 Å². The topological polar surface area (TPSA) is 97.3 Å². The molecule has 4 N–H and O–H groups in total. The van der Waals surface area contributed by atoms with Crippen molar-refractivity contribution in [1.82, 2.24) is 19.9 Å². The predicted octanol–water partition coefficient (Wildman–Crippen LogP) is 1.00. The number of halogens is 1. The highest BCUT2D eigenvalue weighted by Crippen LogP contribution is 2.26. The minimum absolute atomic E-state index is 0.245. The van der Waals surface area contributed by atoms with Crippen LogP contribution in [0.1, 0.15) is 23.7 Å². The quantitative estimate of drug-likeness (QED) is 0.762. The Balaban J connectivity index is 2.05. The van der Waals surface area contributed by atoms with Crippen LogP contribution in [-0.2, 0) is 0 Å². The molecule has 1 saturated heterocycles. The smallest absolute Gasteiger partial charge is 0.252 e. The van der Waals surface area contributed by atoms with Crippen LogP contribution in [0.3, 0.4) is 0 Å². The lowest BCUT2D eigenvalue weighted by Crippen LogP contribution is -2.30. The number of carbonyl (C=O) groups excluding carboxylic acids is 1. The number of carbonyl (C=O) groups is 1. The summed E-state index contributed by atoms with van der Waals surface area (Å²) in [6.45, 7) is 3.99. The fraction of sp³-hybridized carbons (Fsp3) is 0.462. The van der Waals surface area contributed by atoms with Crippen LogP contribution in [0.4, 0.5) is 5.69 Å². The third-order valence-electron chi connectivity index (χ3n) is 3.92. The Morgan fingerprint density at radius 1 is 1.62 bits per heavy atom. The summed E-state index contributed by atoms with van der Waals surface area (Å²) >= 11 is 3.33. The van der Waals surface area contributed by atoms with E-state index in [1.54, 1.807) is 10.7 Å². The standard InChI is InChI=1S/C13H17BrN6O/c1-2-7-3-16-5-9(7)18-11-8(12(15)21)4-17-20-6-10(14)19-13(11)20/h4,6-7,9,16,18H,2-3,5H2,1H3,(H2,15,21)/t7-,9+/m0/s1. The van der Waals surface area contributed by atoms with Gasteiger partial charge in [0.05, 0.1) is 23.6 Å². The highest BCUT2D eigenvalue weighted by atomic mass is 79.9. The molecule has 2 atom stereocenters. The van der Waals surface area contributed by atoms with Crippen LogP contribution in [0.25, 0.3) is 5.65 Å². The third-order valence-corrected chi connectivity index (χ3v) is 4.30. The van der Waals surface area contributed by atoms with Gasteiger partial charge in [-0.25, -0.2) is 9.50 Å². The maximum absolute atomic E-state index is 11.7. The van der Waals surface area contributed by atoms with Gasteiger partial charge in [0.15, 0.2) is 5.65 Å². The van der Waals surface area contributed by atoms with Gasteiger partial charge in [-0.3, -0.25) is 4.79 Å². The Labute approximate surface area is 130 Å². The number of primary amides is 1. The van der Waals surface area contributed by atoms with Crippen molar-refractivity contribution in [2.75, 3.05) is 18.4 Å². The van der Waals surface area contributed by atoms with E-state index >= 15 is 0 Å². The Kier molecular flexibility index (Phi) is 3.81. The van der Waals surface area contributed by atoms with Crippen LogP contribution in [0.15, 0.2) is 17.0 Å². The number of rotatable bonds is 4. The lowest BCUT2D eigenvalue weighted by Gasteiger charge is -2.21. The molecule has 2 aromatic rings. The van der Waals surface area contributed by atoms with Crippen LogP contribution in [0, 0.1) is 5.92 Å². The molecule has 3 rings (SSSR count). The van der Waals surface area contributed by atoms with Crippen LogP contribution >= 0.6 is 15.9 Å². The van der Waals surface area contributed by atoms with Gasteiger partial charge in [0.1, 0.15) is 4.60 Å². The molecule has 0 radical (unpaired) electrons. The first kappa shape index (κ1) is 14.3. The van der Waals surface area contributed by atoms with Crippen molar-refractivity contribution in [2.45, 2.75) is 19.4 Å². The Bertz CT molecular complexity index is 685. The molecular weight excluding hydrogens is 336 g/mol. The molecule has 1 amide bonds. The summed E-state index contributed by atoms with van der Waals surface area (Å²) in [6, 6.07) is 0.245. The number of nitrogens with zero attached hydrogens (tertiary/aromatic N) is 3. The van der Waals surface area contributed by atoms with Gasteiger partial charge in [0.25, 0.3) is 5.91 Å². The van der Waals surface area contributed by atoms with Crippen molar-refractivity contribution < 1.29 is 4.79 Å². The highest BCUT2D eigenvalue weighted by molar-refractivity contribution is 9.10. The van der Waals surface area contributed by atoms with Gasteiger partial charge < -0.3 is 16.4 Å². The predicted molar refractivity (Wildman–Crippen MR) is 83.3 cm³/mol. The Morgan fingerprint density at radius 2 is 2.43 bits per heavy atom. The van der Waals surface area contributed by atoms with Crippen molar-refractivity contribution in [3.63, 3.8) is 0 Å². The summed E-state index contributed by atoms with van der Waals surface area (Å²) in [7, 11) is 0. The lowest BCUT2D eigenvalue weighted by molar-refractivity contribution is 0.100. The summed E-state index contributed by atoms with van der Waals surface area (Å²) in [4.78, 5) is 16.1. The van der Waals surface area contributed by atoms with Crippen LogP contribution in [0.5, 0.6) is 0 Å². The number of nitrogens with two attached hydrogens (primary N) is 1. The molecule has 1 fully saturated rings. The van der Waals surface area contributed by atoms with E-state index < -0.39 is 5.91 Å². The maximum Gasteiger partial charge on any atom is 0.252 e. The van der Waals surface area contributed by atoms with Crippen molar-refractivity contribution >= 4 is 33.2 Å². The van der Waals surface area contributed by atoms with Gasteiger partial charge >= 0.3 is 0 Å². The molecule has 0 aliphatic carbocycles. The van der Waals surface area contributed by atoms with E-state index in [9.17, 15) is 4.79 Å². The Morgan fingerprint density at radius 3 is 3.14 bits per heavy atom. The first-order valence-corrected chi connectivity index (χ1v) is 7.70. The van der Waals surface area contributed by atoms with E-state index in [1.165, 1.54) is 6.20 Å². The lowest BCUT2D eigenvalue weighted by atomic mass is 10.0. The highest BCUT2D eigenvalue weighted by Gasteiger charge is 2.27. The number of nitrogens with one attached hydrogen (secondary N) is 2. The molecule has 3 heterocycles. The fourth-order valence-corrected chi connectivity index (χ4v) is 3.11. The number of aromatic nitrogens is 3. The van der Waals surface area contributed by atoms with E-state index in [4.69, 9.17) is 5.73 Å². The molecule has 7 nitrogen and oxygen atoms in total. The number of hydrogen-bond donors (Lipinski definition) is 3. The SMILES string of the molecule is CC[C@H]1CNC[C@H]1Nc1c(C(N)=O)cnn2cc(Br)nc12. The Hall–Kier alpha value is -1.67. The molecule has 0 spiro atoms. The molecule has 1 aliphatic rings. The minimum Gasteiger partial charge on any atom is -0.377 e. The van der Waals surface area contributed by atoms with Gasteiger partial charge in [-0.1, -0.05) is 13.3 Å². The second kappa shape index (κ2) is 5.61. The molecule has 0 saturated carbocycles. The van der Waals surface area contributed by atoms with Gasteiger partial charge in [-0.15, -0.1) is 0 Å². The molecular formula is C13H17BrN6O. The first-order chi connectivity index (χ1) is 10.1. The summed E-state index contributed by atoms with van der Waals surface area (Å²) in [5.41, 5.74) is 7.08. The average molecular weight is 353 g/mol. The second-order valence-electron chi connectivity index (χ2n) is 5.21. The second-order valence-corrected chi connectivity index (χ2v) is 6.02. The molecule has 8 heteroatoms. The van der Waals surface area contributed by atoms with Crippen LogP contribution in [0.2, 0.25) is 0 Å². The van der Waals surface area contributed by atoms with Gasteiger partial charge in [-0.2, -0.15) is 5.10 Å². The normalized spacial score (nSPS) is 21.8. The average Bonchev–Trinajstić information content (AvgIpc) is 3.03. The summed E-state index contributed by atoms with van der Waals surface area (Å²) in [5.74, 6) is 0.00275. The zero-order chi connectivity index (χ0) is 15.0. The van der Waals surface area contributed by atoms with Crippen molar-refractivity contribution in [2.24, 2.45) is 11.7 Å². The van der Waals surface area contributed by atoms with Crippen LogP contribution < -0.4 is 16.4 Å². The monoisotopic (exact) mass is 352 g/mol. The zero-order valence-electron chi connectivity index (χ0n) is 11.6. The first-order valence-electron chi connectivity index (χ1n) is 6.91. The molecule has 0 aromatic carbocycles. The summed E-state index contributed by atoms with van der Waals surface area (Å²) < 4.78 is 2.29. The van der Waals surface area contributed by atoms with Gasteiger partial charge in [0.2, 0.25) is 0 Å². The third kappa shape index (κ3) is 2.60. The van der Waals surface area contributed by atoms with Gasteiger partial charge in [0, 0.05) is 19.1 Å². The largest absolute Gasteiger partial charge is 0.377 e. The fourth-order valence-electron chi connectivity index (χ4n) is 2.75. The number of fused-ring (bicyclic) bond motifs is 1. The van der Waals surface area contributed by atoms with Crippen molar-refractivity contribution in [1.29, 1.82) is 0 Å². The van der Waals surface area contributed by atoms with Crippen molar-refractivity contribution in [3.8, 4) is 0 Å². The number of anilines is 1. The molecule has 112 valence electrons. The zero-order valence-corrected chi connectivity index (χ0v) is 13.2. The summed E-state index contributed by atoms with van der Waals surface area (Å²) in [5, 5.41) is 11.0. The number of imidazole rings is 1. The van der Waals surface area contributed by atoms with Crippen molar-refractivity contribution in [3.05, 3.63) is 22.6 Å². The number of hydrogen-bond acceptors (Lipinski definition) is 5. The van der Waals surface area contributed by atoms with E-state index in [1.807, 2.05) is 0 Å². The van der Waals surface area contributed by atoms with E-state index in [0.717, 1.165) is 19.5 Å². The van der Waals surface area contributed by atoms with Gasteiger partial charge in [-0.05, 0) is 21.8 Å². The molecule has 0 bridgehead atoms. The number of amides is 1. The molecule has 1 aliphatic heterocycles. The summed E-state index contributed by atoms with van der Waals surface area (Å²) in [6.07, 6.45) is 4.29. The molecule has 0 unspecified atom stereocenters. The van der Waals surface area contributed by atoms with E-state index in [-0.39, 0.29) is 6.04 Å². The molecule has 2 aromatic heterocycles.